The van der Waals surface area contributed by atoms with Crippen LogP contribution in [-0.4, -0.2) is 56.0 Å². The van der Waals surface area contributed by atoms with Crippen molar-refractivity contribution in [2.45, 2.75) is 88.3 Å². The number of carbonyl (C=O) groups is 3. The molecule has 1 aliphatic heterocycles. The molecule has 1 saturated heterocycles. The van der Waals surface area contributed by atoms with Crippen molar-refractivity contribution >= 4 is 18.2 Å². The van der Waals surface area contributed by atoms with Gasteiger partial charge < -0.3 is 15.5 Å². The van der Waals surface area contributed by atoms with E-state index in [-0.39, 0.29) is 11.3 Å². The molecule has 1 aliphatic rings. The van der Waals surface area contributed by atoms with E-state index in [0.29, 0.717) is 19.5 Å². The predicted octanol–water partition coefficient (Wildman–Crippen LogP) is 5.03. The highest BCUT2D eigenvalue weighted by molar-refractivity contribution is 5.87. The number of amides is 3. The number of nitrogens with one attached hydrogen (secondary N) is 2. The highest BCUT2D eigenvalue weighted by Crippen LogP contribution is 2.34. The van der Waals surface area contributed by atoms with Gasteiger partial charge in [-0.3, -0.25) is 14.4 Å². The third kappa shape index (κ3) is 22.9. The molecule has 1 fully saturated rings. The molecule has 9 heteroatoms. The van der Waals surface area contributed by atoms with Crippen molar-refractivity contribution in [1.82, 2.24) is 15.5 Å². The molecule has 0 aliphatic carbocycles. The Morgan fingerprint density at radius 1 is 1.12 bits per heavy atom. The van der Waals surface area contributed by atoms with Gasteiger partial charge in [-0.05, 0) is 17.3 Å². The van der Waals surface area contributed by atoms with Gasteiger partial charge in [-0.25, -0.2) is 0 Å². The molecule has 0 aromatic heterocycles. The van der Waals surface area contributed by atoms with Crippen molar-refractivity contribution in [2.75, 3.05) is 26.7 Å². The average Bonchev–Trinajstić information content (AvgIpc) is 2.99. The molecule has 0 aromatic carbocycles. The second-order valence-electron chi connectivity index (χ2n) is 8.48. The third-order valence-electron chi connectivity index (χ3n) is 4.05. The quantitative estimate of drug-likeness (QED) is 0.565. The molecule has 1 heterocycles. The Balaban J connectivity index is -0.000000230. The van der Waals surface area contributed by atoms with Crippen molar-refractivity contribution < 1.29 is 27.6 Å². The fourth-order valence-electron chi connectivity index (χ4n) is 1.85. The number of rotatable bonds is 4. The molecule has 2 N–H and O–H groups in total. The number of carbonyl (C=O) groups excluding carboxylic acids is 3. The van der Waals surface area contributed by atoms with Gasteiger partial charge in [-0.15, -0.1) is 0 Å². The van der Waals surface area contributed by atoms with Crippen molar-refractivity contribution in [3.63, 3.8) is 0 Å². The van der Waals surface area contributed by atoms with Gasteiger partial charge in [-0.1, -0.05) is 82.1 Å². The third-order valence-corrected chi connectivity index (χ3v) is 4.05. The number of nitrogens with zero attached hydrogens (tertiary/aromatic N) is 1. The maximum atomic E-state index is 11.9. The van der Waals surface area contributed by atoms with Gasteiger partial charge in [0.15, 0.2) is 0 Å². The molecular weight excluding hydrogens is 423 g/mol. The van der Waals surface area contributed by atoms with Crippen molar-refractivity contribution in [3.05, 3.63) is 0 Å². The zero-order valence-electron chi connectivity index (χ0n) is 22.1. The van der Waals surface area contributed by atoms with Crippen LogP contribution in [0.4, 0.5) is 13.2 Å². The van der Waals surface area contributed by atoms with E-state index in [0.717, 1.165) is 5.92 Å². The Hall–Kier alpha value is -1.80. The van der Waals surface area contributed by atoms with E-state index in [2.05, 4.69) is 39.9 Å². The number of hydrogen-bond donors (Lipinski definition) is 2. The number of likely N-dealkylation sites (tertiary alicyclic amines) is 1. The molecule has 0 bridgehead atoms. The molecule has 194 valence electrons. The van der Waals surface area contributed by atoms with Gasteiger partial charge in [-0.2, -0.15) is 13.2 Å². The topological polar surface area (TPSA) is 78.5 Å². The number of hydrogen-bond acceptors (Lipinski definition) is 3. The molecule has 0 radical (unpaired) electrons. The molecule has 32 heavy (non-hydrogen) atoms. The molecule has 0 aromatic rings. The monoisotopic (exact) mass is 471 g/mol. The van der Waals surface area contributed by atoms with E-state index in [9.17, 15) is 22.8 Å². The van der Waals surface area contributed by atoms with Crippen LogP contribution in [0, 0.1) is 17.3 Å². The van der Waals surface area contributed by atoms with Gasteiger partial charge >= 0.3 is 12.1 Å². The minimum absolute atomic E-state index is 0.0519. The lowest BCUT2D eigenvalue weighted by molar-refractivity contribution is -0.174. The molecule has 6 nitrogen and oxygen atoms in total. The van der Waals surface area contributed by atoms with E-state index in [1.54, 1.807) is 12.4 Å². The van der Waals surface area contributed by atoms with Crippen LogP contribution in [0.25, 0.3) is 0 Å². The number of alkyl halides is 3. The Morgan fingerprint density at radius 2 is 1.50 bits per heavy atom. The Bertz CT molecular complexity index is 478. The summed E-state index contributed by atoms with van der Waals surface area (Å²) in [5, 5.41) is 3.84. The smallest absolute Gasteiger partial charge is 0.362 e. The lowest BCUT2D eigenvalue weighted by Crippen LogP contribution is -2.44. The summed E-state index contributed by atoms with van der Waals surface area (Å²) in [4.78, 5) is 32.8. The minimum Gasteiger partial charge on any atom is -0.362 e. The van der Waals surface area contributed by atoms with Crippen LogP contribution >= 0.6 is 0 Å². The highest BCUT2D eigenvalue weighted by atomic mass is 19.4. The Labute approximate surface area is 194 Å². The molecule has 0 spiro atoms. The van der Waals surface area contributed by atoms with Gasteiger partial charge in [0.2, 0.25) is 12.3 Å². The van der Waals surface area contributed by atoms with Crippen LogP contribution in [0.2, 0.25) is 0 Å². The van der Waals surface area contributed by atoms with E-state index in [1.807, 2.05) is 34.6 Å². The highest BCUT2D eigenvalue weighted by Gasteiger charge is 2.41. The summed E-state index contributed by atoms with van der Waals surface area (Å²) in [5.41, 5.74) is -0.0519. The maximum Gasteiger partial charge on any atom is 0.471 e. The lowest BCUT2D eigenvalue weighted by atomic mass is 9.84. The SMILES string of the molecule is CC.CC(C)C.CCCC.CNC=O.C[C@H]1CN(C(=O)CNC(=O)C(F)(F)F)CC1(C)C. The standard InChI is InChI=1S/C11H17F3N2O2.2C4H10.C2H5NO.C2H6/c1-7-5-16(6-10(7,2)3)8(17)4-15-9(18)11(12,13)14;1-4(2)3;1-3-4-2;1-3-2-4;1-2/h7H,4-6H2,1-3H3,(H,15,18);4H,1-3H3;3-4H2,1-2H3;2H,1H3,(H,3,4);1-2H3/t7-;;;;/m0..../s1. The predicted molar refractivity (Wildman–Crippen MR) is 126 cm³/mol. The molecular formula is C23H48F3N3O3. The lowest BCUT2D eigenvalue weighted by Gasteiger charge is -2.22. The van der Waals surface area contributed by atoms with Crippen LogP contribution in [0.3, 0.4) is 0 Å². The molecule has 0 saturated carbocycles. The zero-order valence-corrected chi connectivity index (χ0v) is 22.1. The fourth-order valence-corrected chi connectivity index (χ4v) is 1.85. The van der Waals surface area contributed by atoms with Crippen molar-refractivity contribution in [2.24, 2.45) is 17.3 Å². The van der Waals surface area contributed by atoms with E-state index >= 15 is 0 Å². The molecule has 1 rings (SSSR count). The Kier molecular flexibility index (Phi) is 24.7. The average molecular weight is 472 g/mol. The first kappa shape index (κ1) is 37.5. The maximum absolute atomic E-state index is 11.9. The van der Waals surface area contributed by atoms with E-state index < -0.39 is 24.5 Å². The first-order valence-corrected chi connectivity index (χ1v) is 11.3. The van der Waals surface area contributed by atoms with Crippen LogP contribution in [0.5, 0.6) is 0 Å². The van der Waals surface area contributed by atoms with Crippen LogP contribution in [0.15, 0.2) is 0 Å². The van der Waals surface area contributed by atoms with Crippen LogP contribution < -0.4 is 10.6 Å². The number of unbranched alkanes of at least 4 members (excludes halogenated alkanes) is 1. The van der Waals surface area contributed by atoms with Crippen molar-refractivity contribution in [1.29, 1.82) is 0 Å². The first-order chi connectivity index (χ1) is 14.6. The Morgan fingerprint density at radius 3 is 1.72 bits per heavy atom. The fraction of sp³-hybridized carbons (Fsp3) is 0.870. The van der Waals surface area contributed by atoms with Gasteiger partial charge in [0.25, 0.3) is 0 Å². The largest absolute Gasteiger partial charge is 0.471 e. The zero-order chi connectivity index (χ0) is 26.5. The van der Waals surface area contributed by atoms with E-state index in [4.69, 9.17) is 4.79 Å². The second-order valence-corrected chi connectivity index (χ2v) is 8.48. The van der Waals surface area contributed by atoms with Crippen molar-refractivity contribution in [3.8, 4) is 0 Å². The summed E-state index contributed by atoms with van der Waals surface area (Å²) < 4.78 is 35.8. The van der Waals surface area contributed by atoms with Gasteiger partial charge in [0, 0.05) is 20.1 Å². The van der Waals surface area contributed by atoms with Crippen LogP contribution in [0.1, 0.15) is 82.1 Å². The minimum atomic E-state index is -4.95. The summed E-state index contributed by atoms with van der Waals surface area (Å²) in [6.07, 6.45) is -1.68. The second kappa shape index (κ2) is 21.1. The van der Waals surface area contributed by atoms with Crippen LogP contribution in [-0.2, 0) is 14.4 Å². The molecule has 3 amide bonds. The summed E-state index contributed by atoms with van der Waals surface area (Å²) in [5.74, 6) is -1.45. The summed E-state index contributed by atoms with van der Waals surface area (Å²) in [6.45, 7) is 21.2. The molecule has 0 unspecified atom stereocenters. The summed E-state index contributed by atoms with van der Waals surface area (Å²) in [7, 11) is 1.56. The normalized spacial score (nSPS) is 15.8. The number of halogens is 3. The van der Waals surface area contributed by atoms with E-state index in [1.165, 1.54) is 17.7 Å². The summed E-state index contributed by atoms with van der Waals surface area (Å²) >= 11 is 0. The van der Waals surface area contributed by atoms with Gasteiger partial charge in [0.05, 0.1) is 6.54 Å². The summed E-state index contributed by atoms with van der Waals surface area (Å²) in [6, 6.07) is 0. The first-order valence-electron chi connectivity index (χ1n) is 11.3. The molecule has 1 atom stereocenters. The van der Waals surface area contributed by atoms with Gasteiger partial charge in [0.1, 0.15) is 0 Å².